The van der Waals surface area contributed by atoms with Crippen molar-refractivity contribution < 1.29 is 19.4 Å². The van der Waals surface area contributed by atoms with E-state index in [1.54, 1.807) is 5.32 Å². The van der Waals surface area contributed by atoms with Crippen LogP contribution in [0.5, 0.6) is 0 Å². The van der Waals surface area contributed by atoms with Gasteiger partial charge < -0.3 is 9.84 Å². The Bertz CT molecular complexity index is 231. The average Bonchev–Trinajstić information content (AvgIpc) is 2.30. The standard InChI is InChI=1S/C13H25NO4/c1-2-3-4-5-6-7-8-9-10-11-18-13(17)14-12(15)16/h2-11H2,1H3,(H,14,17)(H,15,16). The molecule has 106 valence electrons. The van der Waals surface area contributed by atoms with Crippen molar-refractivity contribution in [2.24, 2.45) is 0 Å². The maximum Gasteiger partial charge on any atom is 0.416 e. The molecule has 0 spiro atoms. The van der Waals surface area contributed by atoms with Gasteiger partial charge in [-0.1, -0.05) is 58.3 Å². The summed E-state index contributed by atoms with van der Waals surface area (Å²) in [5, 5.41) is 9.86. The van der Waals surface area contributed by atoms with Gasteiger partial charge in [0.15, 0.2) is 0 Å². The molecular weight excluding hydrogens is 234 g/mol. The van der Waals surface area contributed by atoms with Crippen LogP contribution in [0.1, 0.15) is 64.7 Å². The SMILES string of the molecule is CCCCCCCCCCCOC(=O)NC(=O)O. The minimum atomic E-state index is -1.38. The lowest BCUT2D eigenvalue weighted by Gasteiger charge is -2.04. The third-order valence-electron chi connectivity index (χ3n) is 2.69. The zero-order chi connectivity index (χ0) is 13.6. The molecule has 5 nitrogen and oxygen atoms in total. The molecule has 0 aliphatic carbocycles. The van der Waals surface area contributed by atoms with Crippen molar-refractivity contribution in [2.75, 3.05) is 6.61 Å². The zero-order valence-corrected chi connectivity index (χ0v) is 11.2. The molecule has 0 aromatic rings. The summed E-state index contributed by atoms with van der Waals surface area (Å²) in [6, 6.07) is 0. The molecule has 0 atom stereocenters. The molecule has 5 heteroatoms. The van der Waals surface area contributed by atoms with E-state index in [9.17, 15) is 9.59 Å². The molecule has 2 amide bonds. The lowest BCUT2D eigenvalue weighted by Crippen LogP contribution is -2.29. The van der Waals surface area contributed by atoms with Gasteiger partial charge in [0.1, 0.15) is 0 Å². The molecule has 0 saturated heterocycles. The number of hydrogen-bond acceptors (Lipinski definition) is 3. The first kappa shape index (κ1) is 16.7. The maximum atomic E-state index is 10.8. The normalized spacial score (nSPS) is 10.1. The van der Waals surface area contributed by atoms with Gasteiger partial charge in [0.25, 0.3) is 0 Å². The van der Waals surface area contributed by atoms with Crippen LogP contribution in [0.4, 0.5) is 9.59 Å². The second kappa shape index (κ2) is 12.2. The van der Waals surface area contributed by atoms with E-state index >= 15 is 0 Å². The molecule has 0 bridgehead atoms. The van der Waals surface area contributed by atoms with Crippen LogP contribution < -0.4 is 5.32 Å². The number of ether oxygens (including phenoxy) is 1. The number of carboxylic acid groups (broad SMARTS) is 1. The number of carbonyl (C=O) groups is 2. The van der Waals surface area contributed by atoms with Crippen LogP contribution in [0.3, 0.4) is 0 Å². The first-order chi connectivity index (χ1) is 8.66. The summed E-state index contributed by atoms with van der Waals surface area (Å²) < 4.78 is 4.68. The molecule has 0 fully saturated rings. The van der Waals surface area contributed by atoms with Gasteiger partial charge in [-0.15, -0.1) is 0 Å². The highest BCUT2D eigenvalue weighted by molar-refractivity contribution is 5.86. The smallest absolute Gasteiger partial charge is 0.416 e. The highest BCUT2D eigenvalue weighted by atomic mass is 16.6. The summed E-state index contributed by atoms with van der Waals surface area (Å²) in [6.07, 6.45) is 8.44. The topological polar surface area (TPSA) is 75.6 Å². The minimum absolute atomic E-state index is 0.287. The van der Waals surface area contributed by atoms with Gasteiger partial charge in [0.05, 0.1) is 6.61 Å². The largest absolute Gasteiger partial charge is 0.465 e. The molecule has 0 rings (SSSR count). The fourth-order valence-corrected chi connectivity index (χ4v) is 1.70. The Kier molecular flexibility index (Phi) is 11.3. The van der Waals surface area contributed by atoms with Crippen LogP contribution in [0.15, 0.2) is 0 Å². The van der Waals surface area contributed by atoms with Crippen molar-refractivity contribution >= 4 is 12.2 Å². The molecule has 0 radical (unpaired) electrons. The van der Waals surface area contributed by atoms with Gasteiger partial charge in [-0.05, 0) is 6.42 Å². The third kappa shape index (κ3) is 12.8. The van der Waals surface area contributed by atoms with Crippen LogP contribution in [-0.2, 0) is 4.74 Å². The van der Waals surface area contributed by atoms with Crippen molar-refractivity contribution in [2.45, 2.75) is 64.7 Å². The maximum absolute atomic E-state index is 10.8. The summed E-state index contributed by atoms with van der Waals surface area (Å²) >= 11 is 0. The Hall–Kier alpha value is -1.26. The Morgan fingerprint density at radius 3 is 1.94 bits per heavy atom. The second-order valence-electron chi connectivity index (χ2n) is 4.39. The number of rotatable bonds is 10. The van der Waals surface area contributed by atoms with E-state index in [0.717, 1.165) is 19.3 Å². The minimum Gasteiger partial charge on any atom is -0.465 e. The van der Waals surface area contributed by atoms with Crippen LogP contribution in [0.2, 0.25) is 0 Å². The van der Waals surface area contributed by atoms with Gasteiger partial charge in [-0.2, -0.15) is 0 Å². The van der Waals surface area contributed by atoms with Crippen LogP contribution >= 0.6 is 0 Å². The molecule has 0 saturated carbocycles. The first-order valence-corrected chi connectivity index (χ1v) is 6.83. The highest BCUT2D eigenvalue weighted by Crippen LogP contribution is 2.09. The van der Waals surface area contributed by atoms with E-state index in [-0.39, 0.29) is 6.61 Å². The number of alkyl carbamates (subject to hydrolysis) is 1. The molecule has 0 aromatic heterocycles. The van der Waals surface area contributed by atoms with Crippen molar-refractivity contribution in [1.82, 2.24) is 5.32 Å². The summed E-state index contributed by atoms with van der Waals surface area (Å²) in [5.41, 5.74) is 0. The number of amides is 2. The predicted molar refractivity (Wildman–Crippen MR) is 69.7 cm³/mol. The van der Waals surface area contributed by atoms with Gasteiger partial charge in [-0.3, -0.25) is 0 Å². The summed E-state index contributed by atoms with van der Waals surface area (Å²) in [7, 11) is 0. The van der Waals surface area contributed by atoms with Crippen LogP contribution in [0, 0.1) is 0 Å². The highest BCUT2D eigenvalue weighted by Gasteiger charge is 2.04. The number of unbranched alkanes of at least 4 members (excludes halogenated alkanes) is 8. The molecule has 18 heavy (non-hydrogen) atoms. The Balaban J connectivity index is 3.11. The van der Waals surface area contributed by atoms with E-state index < -0.39 is 12.2 Å². The van der Waals surface area contributed by atoms with Crippen molar-refractivity contribution in [3.63, 3.8) is 0 Å². The molecule has 0 heterocycles. The van der Waals surface area contributed by atoms with Crippen molar-refractivity contribution in [1.29, 1.82) is 0 Å². The number of imide groups is 1. The summed E-state index contributed by atoms with van der Waals surface area (Å²) in [4.78, 5) is 20.9. The van der Waals surface area contributed by atoms with E-state index in [1.165, 1.54) is 38.5 Å². The van der Waals surface area contributed by atoms with E-state index in [4.69, 9.17) is 5.11 Å². The fraction of sp³-hybridized carbons (Fsp3) is 0.846. The second-order valence-corrected chi connectivity index (χ2v) is 4.39. The fourth-order valence-electron chi connectivity index (χ4n) is 1.70. The number of carbonyl (C=O) groups excluding carboxylic acids is 1. The van der Waals surface area contributed by atoms with Crippen molar-refractivity contribution in [3.05, 3.63) is 0 Å². The zero-order valence-electron chi connectivity index (χ0n) is 11.2. The third-order valence-corrected chi connectivity index (χ3v) is 2.69. The van der Waals surface area contributed by atoms with E-state index in [1.807, 2.05) is 0 Å². The Morgan fingerprint density at radius 1 is 0.944 bits per heavy atom. The molecular formula is C13H25NO4. The average molecular weight is 259 g/mol. The molecule has 0 aromatic carbocycles. The summed E-state index contributed by atoms with van der Waals surface area (Å²) in [5.74, 6) is 0. The quantitative estimate of drug-likeness (QED) is 0.583. The predicted octanol–water partition coefficient (Wildman–Crippen LogP) is 3.92. The van der Waals surface area contributed by atoms with Gasteiger partial charge in [-0.25, -0.2) is 14.9 Å². The van der Waals surface area contributed by atoms with E-state index in [0.29, 0.717) is 0 Å². The van der Waals surface area contributed by atoms with Crippen molar-refractivity contribution in [3.8, 4) is 0 Å². The van der Waals surface area contributed by atoms with Gasteiger partial charge in [0, 0.05) is 0 Å². The number of hydrogen-bond donors (Lipinski definition) is 2. The monoisotopic (exact) mass is 259 g/mol. The van der Waals surface area contributed by atoms with E-state index in [2.05, 4.69) is 11.7 Å². The molecule has 0 aliphatic heterocycles. The Labute approximate surface area is 109 Å². The van der Waals surface area contributed by atoms with Gasteiger partial charge in [0.2, 0.25) is 0 Å². The lowest BCUT2D eigenvalue weighted by molar-refractivity contribution is 0.138. The lowest BCUT2D eigenvalue weighted by atomic mass is 10.1. The number of nitrogens with one attached hydrogen (secondary N) is 1. The first-order valence-electron chi connectivity index (χ1n) is 6.83. The van der Waals surface area contributed by atoms with Crippen LogP contribution in [-0.4, -0.2) is 23.9 Å². The Morgan fingerprint density at radius 2 is 1.44 bits per heavy atom. The van der Waals surface area contributed by atoms with Crippen LogP contribution in [0.25, 0.3) is 0 Å². The van der Waals surface area contributed by atoms with Gasteiger partial charge >= 0.3 is 12.2 Å². The molecule has 0 unspecified atom stereocenters. The molecule has 0 aliphatic rings. The molecule has 2 N–H and O–H groups in total. The summed E-state index contributed by atoms with van der Waals surface area (Å²) in [6.45, 7) is 2.50.